The van der Waals surface area contributed by atoms with Gasteiger partial charge in [-0.25, -0.2) is 0 Å². The van der Waals surface area contributed by atoms with Crippen molar-refractivity contribution in [2.24, 2.45) is 0 Å². The molecule has 0 atom stereocenters. The molecule has 0 amide bonds. The lowest BCUT2D eigenvalue weighted by Crippen LogP contribution is -2.61. The van der Waals surface area contributed by atoms with Gasteiger partial charge in [-0.15, -0.1) is 0 Å². The van der Waals surface area contributed by atoms with Crippen LogP contribution in [0, 0.1) is 0 Å². The Hall–Kier alpha value is -7.56. The molecule has 0 bridgehead atoms. The van der Waals surface area contributed by atoms with Gasteiger partial charge >= 0.3 is 0 Å². The second-order valence-corrected chi connectivity index (χ2v) is 19.8. The molecule has 11 rings (SSSR count). The third-order valence-electron chi connectivity index (χ3n) is 13.5. The van der Waals surface area contributed by atoms with Gasteiger partial charge in [0, 0.05) is 45.3 Å². The zero-order valence-corrected chi connectivity index (χ0v) is 38.7. The molecule has 0 aliphatic carbocycles. The van der Waals surface area contributed by atoms with Crippen molar-refractivity contribution in [3.63, 3.8) is 0 Å². The van der Waals surface area contributed by atoms with Crippen molar-refractivity contribution in [3.8, 4) is 22.3 Å². The van der Waals surface area contributed by atoms with Crippen LogP contribution in [-0.4, -0.2) is 6.71 Å². The van der Waals surface area contributed by atoms with Gasteiger partial charge in [0.2, 0.25) is 0 Å². The van der Waals surface area contributed by atoms with Gasteiger partial charge in [-0.2, -0.15) is 0 Å². The average Bonchev–Trinajstić information content (AvgIpc) is 3.34. The molecule has 320 valence electrons. The summed E-state index contributed by atoms with van der Waals surface area (Å²) in [5.74, 6) is 0. The molecule has 0 radical (unpaired) electrons. The second kappa shape index (κ2) is 16.2. The predicted molar refractivity (Wildman–Crippen MR) is 283 cm³/mol. The van der Waals surface area contributed by atoms with Gasteiger partial charge in [-0.05, 0) is 110 Å². The zero-order valence-electron chi connectivity index (χ0n) is 38.7. The second-order valence-electron chi connectivity index (χ2n) is 19.8. The Morgan fingerprint density at radius 3 is 1.09 bits per heavy atom. The number of para-hydroxylation sites is 4. The van der Waals surface area contributed by atoms with Crippen LogP contribution in [0.3, 0.4) is 0 Å². The van der Waals surface area contributed by atoms with Gasteiger partial charge in [-0.1, -0.05) is 199 Å². The SMILES string of the molecule is CC(C)(C)c1ccc2c(c1)B1c3cc(C(C)(C)C)ccc3N(c3ccccc3-c3ccccc3)c3cc(N(c4ccccc4)c4ccccc4)cc(c31)N2c1ccccc1-c1ccccc1. The normalized spacial score (nSPS) is 12.9. The van der Waals surface area contributed by atoms with E-state index in [4.69, 9.17) is 0 Å². The van der Waals surface area contributed by atoms with E-state index in [0.717, 1.165) is 39.8 Å². The van der Waals surface area contributed by atoms with E-state index in [0.29, 0.717) is 0 Å². The summed E-state index contributed by atoms with van der Waals surface area (Å²) in [6.45, 7) is 14.0. The lowest BCUT2D eigenvalue weighted by atomic mass is 9.33. The first kappa shape index (κ1) is 41.2. The van der Waals surface area contributed by atoms with Crippen molar-refractivity contribution >= 4 is 74.3 Å². The van der Waals surface area contributed by atoms with Crippen LogP contribution in [0.25, 0.3) is 22.3 Å². The molecule has 0 saturated carbocycles. The molecule has 2 aliphatic heterocycles. The van der Waals surface area contributed by atoms with Crippen molar-refractivity contribution in [1.82, 2.24) is 0 Å². The molecule has 0 spiro atoms. The molecule has 0 unspecified atom stereocenters. The van der Waals surface area contributed by atoms with E-state index >= 15 is 0 Å². The fraction of sp³-hybridized carbons (Fsp3) is 0.129. The van der Waals surface area contributed by atoms with E-state index in [1.165, 1.54) is 61.1 Å². The summed E-state index contributed by atoms with van der Waals surface area (Å²) in [5.41, 5.74) is 21.5. The van der Waals surface area contributed by atoms with Gasteiger partial charge in [0.25, 0.3) is 6.71 Å². The van der Waals surface area contributed by atoms with E-state index in [9.17, 15) is 0 Å². The molecule has 2 aliphatic rings. The Balaban J connectivity index is 1.31. The minimum absolute atomic E-state index is 0.0548. The van der Waals surface area contributed by atoms with Gasteiger partial charge in [0.1, 0.15) is 0 Å². The molecule has 9 aromatic rings. The van der Waals surface area contributed by atoms with E-state index in [1.807, 2.05) is 0 Å². The Bertz CT molecular complexity index is 3010. The van der Waals surface area contributed by atoms with Crippen LogP contribution >= 0.6 is 0 Å². The summed E-state index contributed by atoms with van der Waals surface area (Å²) < 4.78 is 0. The highest BCUT2D eigenvalue weighted by atomic mass is 15.2. The maximum absolute atomic E-state index is 2.58. The number of fused-ring (bicyclic) bond motifs is 4. The van der Waals surface area contributed by atoms with Crippen LogP contribution in [0.1, 0.15) is 52.7 Å². The van der Waals surface area contributed by atoms with E-state index < -0.39 is 0 Å². The van der Waals surface area contributed by atoms with Crippen LogP contribution in [0.15, 0.2) is 218 Å². The van der Waals surface area contributed by atoms with E-state index in [2.05, 4.69) is 275 Å². The maximum atomic E-state index is 2.58. The molecule has 9 aromatic carbocycles. The largest absolute Gasteiger partial charge is 0.311 e. The monoisotopic (exact) mass is 851 g/mol. The highest BCUT2D eigenvalue weighted by Crippen LogP contribution is 2.51. The minimum atomic E-state index is -0.0634. The van der Waals surface area contributed by atoms with Crippen molar-refractivity contribution in [2.45, 2.75) is 52.4 Å². The maximum Gasteiger partial charge on any atom is 0.252 e. The van der Waals surface area contributed by atoms with Gasteiger partial charge in [0.05, 0.1) is 17.1 Å². The first-order valence-corrected chi connectivity index (χ1v) is 23.3. The highest BCUT2D eigenvalue weighted by Gasteiger charge is 2.45. The molecule has 2 heterocycles. The van der Waals surface area contributed by atoms with Crippen LogP contribution in [-0.2, 0) is 10.8 Å². The first-order chi connectivity index (χ1) is 32.0. The lowest BCUT2D eigenvalue weighted by Gasteiger charge is -2.46. The Morgan fingerprint density at radius 1 is 0.333 bits per heavy atom. The number of hydrogen-bond donors (Lipinski definition) is 0. The molecule has 0 aromatic heterocycles. The summed E-state index contributed by atoms with van der Waals surface area (Å²) >= 11 is 0. The first-order valence-electron chi connectivity index (χ1n) is 23.3. The molecule has 0 N–H and O–H groups in total. The van der Waals surface area contributed by atoms with Gasteiger partial charge in [-0.3, -0.25) is 0 Å². The molecule has 0 saturated heterocycles. The molecule has 3 nitrogen and oxygen atoms in total. The van der Waals surface area contributed by atoms with Crippen molar-refractivity contribution in [2.75, 3.05) is 14.7 Å². The quantitative estimate of drug-likeness (QED) is 0.148. The smallest absolute Gasteiger partial charge is 0.252 e. The molecule has 66 heavy (non-hydrogen) atoms. The molecular formula is C62H54BN3. The van der Waals surface area contributed by atoms with Gasteiger partial charge < -0.3 is 14.7 Å². The summed E-state index contributed by atoms with van der Waals surface area (Å²) in [6, 6.07) is 80.8. The Kier molecular flexibility index (Phi) is 10.1. The van der Waals surface area contributed by atoms with Crippen LogP contribution in [0.2, 0.25) is 0 Å². The summed E-state index contributed by atoms with van der Waals surface area (Å²) in [5, 5.41) is 0. The van der Waals surface area contributed by atoms with E-state index in [-0.39, 0.29) is 17.5 Å². The standard InChI is InChI=1S/C62H54BN3/c1-61(2,3)45-35-37-56-52(39-45)63-53-40-46(62(4,5)6)36-38-57(53)66(55-34-22-20-32-51(55)44-25-13-8-14-26-44)59-42-49(64(47-27-15-9-16-28-47)48-29-17-10-18-30-48)41-58(60(59)63)65(56)54-33-21-19-31-50(54)43-23-11-7-12-24-43/h7-42H,1-6H3. The number of rotatable bonds is 7. The summed E-state index contributed by atoms with van der Waals surface area (Å²) in [7, 11) is 0. The highest BCUT2D eigenvalue weighted by molar-refractivity contribution is 7.00. The van der Waals surface area contributed by atoms with E-state index in [1.54, 1.807) is 0 Å². The molecule has 4 heteroatoms. The van der Waals surface area contributed by atoms with Crippen molar-refractivity contribution in [1.29, 1.82) is 0 Å². The number of benzene rings is 9. The fourth-order valence-electron chi connectivity index (χ4n) is 10.2. The summed E-state index contributed by atoms with van der Waals surface area (Å²) in [4.78, 5) is 7.58. The molecular weight excluding hydrogens is 798 g/mol. The minimum Gasteiger partial charge on any atom is -0.311 e. The number of nitrogens with zero attached hydrogens (tertiary/aromatic N) is 3. The molecule has 0 fully saturated rings. The number of anilines is 9. The average molecular weight is 852 g/mol. The lowest BCUT2D eigenvalue weighted by molar-refractivity contribution is 0.590. The predicted octanol–water partition coefficient (Wildman–Crippen LogP) is 15.2. The van der Waals surface area contributed by atoms with Crippen LogP contribution in [0.5, 0.6) is 0 Å². The van der Waals surface area contributed by atoms with Gasteiger partial charge in [0.15, 0.2) is 0 Å². The fourth-order valence-corrected chi connectivity index (χ4v) is 10.2. The third kappa shape index (κ3) is 7.09. The van der Waals surface area contributed by atoms with Crippen LogP contribution in [0.4, 0.5) is 51.2 Å². The third-order valence-corrected chi connectivity index (χ3v) is 13.5. The Morgan fingerprint density at radius 2 is 0.697 bits per heavy atom. The number of hydrogen-bond acceptors (Lipinski definition) is 3. The van der Waals surface area contributed by atoms with Crippen molar-refractivity contribution < 1.29 is 0 Å². The summed E-state index contributed by atoms with van der Waals surface area (Å²) in [6.07, 6.45) is 0. The van der Waals surface area contributed by atoms with Crippen molar-refractivity contribution in [3.05, 3.63) is 230 Å². The zero-order chi connectivity index (χ0) is 45.2. The Labute approximate surface area is 391 Å². The van der Waals surface area contributed by atoms with Crippen LogP contribution < -0.4 is 31.1 Å². The topological polar surface area (TPSA) is 9.72 Å².